The maximum atomic E-state index is 12.9. The molecule has 0 aliphatic rings. The number of nitrogens with zero attached hydrogens (tertiary/aromatic N) is 1. The first kappa shape index (κ1) is 21.7. The molecule has 0 fully saturated rings. The molecule has 0 spiro atoms. The SMILES string of the molecule is NN=Cc1ccc(OC(=O)C(N)(Cc2ccccc2O)C(=O)C(N)CC=O)cc1. The number of para-hydroxylation sites is 1. The Bertz CT molecular complexity index is 913. The molecular weight excluding hydrogens is 376 g/mol. The summed E-state index contributed by atoms with van der Waals surface area (Å²) in [4.78, 5) is 36.4. The summed E-state index contributed by atoms with van der Waals surface area (Å²) < 4.78 is 5.29. The molecule has 7 N–H and O–H groups in total. The van der Waals surface area contributed by atoms with Gasteiger partial charge < -0.3 is 31.9 Å². The number of rotatable bonds is 9. The van der Waals surface area contributed by atoms with Crippen molar-refractivity contribution in [3.8, 4) is 11.5 Å². The molecule has 2 aromatic rings. The number of aldehydes is 1. The fourth-order valence-corrected chi connectivity index (χ4v) is 2.67. The Labute approximate surface area is 167 Å². The van der Waals surface area contributed by atoms with Crippen molar-refractivity contribution in [2.45, 2.75) is 24.4 Å². The molecule has 0 amide bonds. The molecule has 152 valence electrons. The fraction of sp³-hybridized carbons (Fsp3) is 0.200. The van der Waals surface area contributed by atoms with Crippen molar-refractivity contribution in [1.29, 1.82) is 0 Å². The summed E-state index contributed by atoms with van der Waals surface area (Å²) in [5, 5.41) is 13.4. The van der Waals surface area contributed by atoms with Gasteiger partial charge in [0.15, 0.2) is 11.3 Å². The number of nitrogens with two attached hydrogens (primary N) is 3. The minimum absolute atomic E-state index is 0.132. The summed E-state index contributed by atoms with van der Waals surface area (Å²) in [5.74, 6) is 3.14. The zero-order valence-electron chi connectivity index (χ0n) is 15.5. The smallest absolute Gasteiger partial charge is 0.339 e. The lowest BCUT2D eigenvalue weighted by Gasteiger charge is -2.28. The van der Waals surface area contributed by atoms with Crippen molar-refractivity contribution in [1.82, 2.24) is 0 Å². The lowest BCUT2D eigenvalue weighted by Crippen LogP contribution is -2.63. The number of Topliss-reactive ketones (excluding diaryl/α,β-unsaturated/α-hetero) is 1. The van der Waals surface area contributed by atoms with E-state index in [2.05, 4.69) is 5.10 Å². The van der Waals surface area contributed by atoms with Gasteiger partial charge in [-0.15, -0.1) is 0 Å². The molecule has 29 heavy (non-hydrogen) atoms. The monoisotopic (exact) mass is 398 g/mol. The lowest BCUT2D eigenvalue weighted by atomic mass is 9.83. The van der Waals surface area contributed by atoms with Crippen LogP contribution in [0.25, 0.3) is 0 Å². The van der Waals surface area contributed by atoms with Crippen LogP contribution < -0.4 is 22.0 Å². The van der Waals surface area contributed by atoms with E-state index < -0.39 is 23.3 Å². The van der Waals surface area contributed by atoms with Gasteiger partial charge in [-0.2, -0.15) is 5.10 Å². The number of hydrogen-bond donors (Lipinski definition) is 4. The predicted molar refractivity (Wildman–Crippen MR) is 106 cm³/mol. The number of aromatic hydroxyl groups is 1. The van der Waals surface area contributed by atoms with Gasteiger partial charge in [0, 0.05) is 12.8 Å². The van der Waals surface area contributed by atoms with Crippen molar-refractivity contribution >= 4 is 24.3 Å². The third kappa shape index (κ3) is 5.24. The first-order chi connectivity index (χ1) is 13.8. The number of benzene rings is 2. The molecule has 0 heterocycles. The molecule has 2 atom stereocenters. The van der Waals surface area contributed by atoms with Crippen LogP contribution in [0.15, 0.2) is 53.6 Å². The van der Waals surface area contributed by atoms with E-state index in [0.29, 0.717) is 11.8 Å². The van der Waals surface area contributed by atoms with E-state index in [1.54, 1.807) is 24.3 Å². The second-order valence-corrected chi connectivity index (χ2v) is 6.39. The number of phenolic OH excluding ortho intramolecular Hbond substituents is 1. The van der Waals surface area contributed by atoms with E-state index in [-0.39, 0.29) is 29.9 Å². The summed E-state index contributed by atoms with van der Waals surface area (Å²) in [6.07, 6.45) is 1.20. The van der Waals surface area contributed by atoms with Gasteiger partial charge >= 0.3 is 5.97 Å². The summed E-state index contributed by atoms with van der Waals surface area (Å²) in [6, 6.07) is 11.0. The number of carbonyl (C=O) groups is 3. The second-order valence-electron chi connectivity index (χ2n) is 6.39. The highest BCUT2D eigenvalue weighted by Crippen LogP contribution is 2.24. The third-order valence-electron chi connectivity index (χ3n) is 4.27. The molecule has 0 bridgehead atoms. The van der Waals surface area contributed by atoms with Crippen molar-refractivity contribution in [3.05, 3.63) is 59.7 Å². The molecule has 0 aliphatic heterocycles. The van der Waals surface area contributed by atoms with Crippen LogP contribution in [-0.2, 0) is 20.8 Å². The maximum absolute atomic E-state index is 12.9. The van der Waals surface area contributed by atoms with Gasteiger partial charge in [0.25, 0.3) is 0 Å². The Kier molecular flexibility index (Phi) is 7.18. The molecule has 2 aromatic carbocycles. The van der Waals surface area contributed by atoms with Crippen molar-refractivity contribution in [2.24, 2.45) is 22.4 Å². The summed E-state index contributed by atoms with van der Waals surface area (Å²) >= 11 is 0. The molecule has 9 heteroatoms. The zero-order chi connectivity index (χ0) is 21.4. The lowest BCUT2D eigenvalue weighted by molar-refractivity contribution is -0.146. The molecule has 2 rings (SSSR count). The van der Waals surface area contributed by atoms with E-state index in [1.165, 1.54) is 30.5 Å². The van der Waals surface area contributed by atoms with E-state index in [0.717, 1.165) is 0 Å². The standard InChI is InChI=1S/C20H22N4O5/c21-16(9-10-25)18(27)20(22,11-14-3-1-2-4-17(14)26)19(28)29-15-7-5-13(6-8-15)12-24-23/h1-8,10,12,16,26H,9,11,21-23H2. The molecule has 0 radical (unpaired) electrons. The summed E-state index contributed by atoms with van der Waals surface area (Å²) in [6.45, 7) is 0. The third-order valence-corrected chi connectivity index (χ3v) is 4.27. The summed E-state index contributed by atoms with van der Waals surface area (Å²) in [5.41, 5.74) is 10.6. The van der Waals surface area contributed by atoms with Gasteiger partial charge in [-0.3, -0.25) is 4.79 Å². The highest BCUT2D eigenvalue weighted by atomic mass is 16.5. The number of phenols is 1. The van der Waals surface area contributed by atoms with E-state index >= 15 is 0 Å². The van der Waals surface area contributed by atoms with Gasteiger partial charge in [0.1, 0.15) is 17.8 Å². The first-order valence-electron chi connectivity index (χ1n) is 8.66. The predicted octanol–water partition coefficient (Wildman–Crippen LogP) is 0.0158. The van der Waals surface area contributed by atoms with Crippen LogP contribution in [0, 0.1) is 0 Å². The highest BCUT2D eigenvalue weighted by Gasteiger charge is 2.46. The summed E-state index contributed by atoms with van der Waals surface area (Å²) in [7, 11) is 0. The molecule has 9 nitrogen and oxygen atoms in total. The maximum Gasteiger partial charge on any atom is 0.339 e. The number of ketones is 1. The Morgan fingerprint density at radius 1 is 1.17 bits per heavy atom. The minimum atomic E-state index is -2.21. The number of hydrogen-bond acceptors (Lipinski definition) is 9. The molecule has 0 aromatic heterocycles. The van der Waals surface area contributed by atoms with Gasteiger partial charge in [-0.05, 0) is 41.5 Å². The number of ether oxygens (including phenoxy) is 1. The largest absolute Gasteiger partial charge is 0.508 e. The van der Waals surface area contributed by atoms with Crippen LogP contribution in [0.4, 0.5) is 0 Å². The second kappa shape index (κ2) is 9.58. The van der Waals surface area contributed by atoms with Crippen LogP contribution >= 0.6 is 0 Å². The van der Waals surface area contributed by atoms with Crippen molar-refractivity contribution in [3.63, 3.8) is 0 Å². The molecule has 0 saturated heterocycles. The number of carbonyl (C=O) groups excluding carboxylic acids is 3. The Morgan fingerprint density at radius 3 is 2.41 bits per heavy atom. The number of esters is 1. The zero-order valence-corrected chi connectivity index (χ0v) is 15.5. The molecule has 2 unspecified atom stereocenters. The highest BCUT2D eigenvalue weighted by molar-refractivity contribution is 6.11. The van der Waals surface area contributed by atoms with Gasteiger partial charge in [0.05, 0.1) is 12.3 Å². The van der Waals surface area contributed by atoms with Crippen LogP contribution in [0.1, 0.15) is 17.5 Å². The topological polar surface area (TPSA) is 171 Å². The van der Waals surface area contributed by atoms with Crippen LogP contribution in [0.3, 0.4) is 0 Å². The Hall–Kier alpha value is -3.56. The quantitative estimate of drug-likeness (QED) is 0.0870. The van der Waals surface area contributed by atoms with Gasteiger partial charge in [-0.1, -0.05) is 18.2 Å². The van der Waals surface area contributed by atoms with Crippen LogP contribution in [0.2, 0.25) is 0 Å². The molecule has 0 saturated carbocycles. The van der Waals surface area contributed by atoms with E-state index in [1.807, 2.05) is 0 Å². The minimum Gasteiger partial charge on any atom is -0.508 e. The fourth-order valence-electron chi connectivity index (χ4n) is 2.67. The van der Waals surface area contributed by atoms with Crippen LogP contribution in [-0.4, -0.2) is 40.9 Å². The molecule has 0 aliphatic carbocycles. The normalized spacial score (nSPS) is 14.1. The Balaban J connectivity index is 2.34. The van der Waals surface area contributed by atoms with Crippen LogP contribution in [0.5, 0.6) is 11.5 Å². The average Bonchev–Trinajstić information content (AvgIpc) is 2.70. The van der Waals surface area contributed by atoms with Gasteiger partial charge in [-0.25, -0.2) is 4.79 Å². The number of hydrazone groups is 1. The van der Waals surface area contributed by atoms with E-state index in [9.17, 15) is 19.5 Å². The van der Waals surface area contributed by atoms with E-state index in [4.69, 9.17) is 22.0 Å². The Morgan fingerprint density at radius 2 is 1.83 bits per heavy atom. The average molecular weight is 398 g/mol. The van der Waals surface area contributed by atoms with Crippen molar-refractivity contribution in [2.75, 3.05) is 0 Å². The molecular formula is C20H22N4O5. The first-order valence-corrected chi connectivity index (χ1v) is 8.66. The van der Waals surface area contributed by atoms with Crippen molar-refractivity contribution < 1.29 is 24.2 Å². The van der Waals surface area contributed by atoms with Gasteiger partial charge in [0.2, 0.25) is 0 Å².